The summed E-state index contributed by atoms with van der Waals surface area (Å²) in [4.78, 5) is 18.1. The zero-order valence-electron chi connectivity index (χ0n) is 12.9. The molecule has 0 radical (unpaired) electrons. The van der Waals surface area contributed by atoms with Gasteiger partial charge in [0.15, 0.2) is 0 Å². The predicted octanol–water partition coefficient (Wildman–Crippen LogP) is 4.33. The molecule has 4 heteroatoms. The van der Waals surface area contributed by atoms with Crippen LogP contribution in [0, 0.1) is 6.92 Å². The van der Waals surface area contributed by atoms with Gasteiger partial charge in [-0.2, -0.15) is 0 Å². The summed E-state index contributed by atoms with van der Waals surface area (Å²) in [6, 6.07) is 13.7. The normalized spacial score (nSPS) is 14.1. The van der Waals surface area contributed by atoms with Gasteiger partial charge >= 0.3 is 0 Å². The first-order valence-electron chi connectivity index (χ1n) is 7.77. The average Bonchev–Trinajstić information content (AvgIpc) is 2.90. The van der Waals surface area contributed by atoms with E-state index < -0.39 is 0 Å². The quantitative estimate of drug-likeness (QED) is 0.710. The Morgan fingerprint density at radius 3 is 2.91 bits per heavy atom. The molecular formula is C19H17ClN2O. The van der Waals surface area contributed by atoms with Crippen molar-refractivity contribution in [1.82, 2.24) is 9.88 Å². The first kappa shape index (κ1) is 14.3. The minimum Gasteiger partial charge on any atom is -0.358 e. The van der Waals surface area contributed by atoms with Crippen molar-refractivity contribution in [1.29, 1.82) is 0 Å². The van der Waals surface area contributed by atoms with Gasteiger partial charge in [0.25, 0.3) is 5.91 Å². The summed E-state index contributed by atoms with van der Waals surface area (Å²) in [6.45, 7) is 3.39. The molecule has 0 saturated heterocycles. The number of halogens is 1. The number of amides is 1. The van der Waals surface area contributed by atoms with Crippen LogP contribution >= 0.6 is 11.6 Å². The molecule has 4 rings (SSSR count). The molecule has 0 spiro atoms. The molecule has 0 aliphatic carbocycles. The third-order valence-corrected chi connectivity index (χ3v) is 4.72. The first-order chi connectivity index (χ1) is 11.1. The second-order valence-corrected chi connectivity index (χ2v) is 6.55. The Morgan fingerprint density at radius 2 is 2.09 bits per heavy atom. The zero-order valence-corrected chi connectivity index (χ0v) is 13.7. The fraction of sp³-hybridized carbons (Fsp3) is 0.211. The number of aromatic nitrogens is 1. The van der Waals surface area contributed by atoms with E-state index in [4.69, 9.17) is 11.6 Å². The van der Waals surface area contributed by atoms with Gasteiger partial charge in [0.05, 0.1) is 0 Å². The summed E-state index contributed by atoms with van der Waals surface area (Å²) in [5, 5.41) is 1.88. The van der Waals surface area contributed by atoms with E-state index in [2.05, 4.69) is 4.98 Å². The van der Waals surface area contributed by atoms with Crippen LogP contribution in [0.3, 0.4) is 0 Å². The van der Waals surface area contributed by atoms with E-state index in [0.717, 1.165) is 40.0 Å². The number of benzene rings is 2. The van der Waals surface area contributed by atoms with Gasteiger partial charge in [-0.15, -0.1) is 0 Å². The summed E-state index contributed by atoms with van der Waals surface area (Å²) in [5.41, 5.74) is 5.35. The van der Waals surface area contributed by atoms with E-state index in [9.17, 15) is 4.79 Å². The zero-order chi connectivity index (χ0) is 16.0. The molecule has 0 atom stereocenters. The largest absolute Gasteiger partial charge is 0.358 e. The molecular weight excluding hydrogens is 308 g/mol. The van der Waals surface area contributed by atoms with Crippen LogP contribution in [0.15, 0.2) is 42.5 Å². The lowest BCUT2D eigenvalue weighted by molar-refractivity contribution is 0.0735. The maximum atomic E-state index is 12.8. The number of carbonyl (C=O) groups excluding carboxylic acids is 1. The van der Waals surface area contributed by atoms with Crippen molar-refractivity contribution in [3.8, 4) is 0 Å². The number of aromatic amines is 1. The van der Waals surface area contributed by atoms with Crippen molar-refractivity contribution < 1.29 is 4.79 Å². The van der Waals surface area contributed by atoms with Crippen molar-refractivity contribution in [3.63, 3.8) is 0 Å². The number of nitrogens with one attached hydrogen (secondary N) is 1. The molecule has 0 fully saturated rings. The Balaban J connectivity index is 1.68. The molecule has 1 aliphatic heterocycles. The third kappa shape index (κ3) is 2.51. The van der Waals surface area contributed by atoms with Gasteiger partial charge in [-0.1, -0.05) is 35.4 Å². The van der Waals surface area contributed by atoms with E-state index in [1.807, 2.05) is 54.3 Å². The Labute approximate surface area is 139 Å². The highest BCUT2D eigenvalue weighted by Crippen LogP contribution is 2.30. The van der Waals surface area contributed by atoms with E-state index in [1.165, 1.54) is 11.3 Å². The van der Waals surface area contributed by atoms with E-state index in [0.29, 0.717) is 6.54 Å². The summed E-state index contributed by atoms with van der Waals surface area (Å²) in [5.74, 6) is 0.0997. The van der Waals surface area contributed by atoms with Crippen LogP contribution < -0.4 is 0 Å². The van der Waals surface area contributed by atoms with Gasteiger partial charge in [0.1, 0.15) is 0 Å². The minimum atomic E-state index is 0.0997. The molecule has 116 valence electrons. The molecule has 1 aliphatic rings. The van der Waals surface area contributed by atoms with E-state index >= 15 is 0 Å². The molecule has 0 unspecified atom stereocenters. The molecule has 1 N–H and O–H groups in total. The van der Waals surface area contributed by atoms with E-state index in [1.54, 1.807) is 0 Å². The van der Waals surface area contributed by atoms with Crippen LogP contribution in [0.4, 0.5) is 0 Å². The van der Waals surface area contributed by atoms with Crippen molar-refractivity contribution in [3.05, 3.63) is 69.9 Å². The van der Waals surface area contributed by atoms with Gasteiger partial charge in [-0.05, 0) is 31.2 Å². The fourth-order valence-corrected chi connectivity index (χ4v) is 3.50. The molecule has 1 amide bonds. The average molecular weight is 325 g/mol. The van der Waals surface area contributed by atoms with Crippen LogP contribution in [0.1, 0.15) is 27.2 Å². The summed E-state index contributed by atoms with van der Waals surface area (Å²) < 4.78 is 0. The topological polar surface area (TPSA) is 36.1 Å². The smallest absolute Gasteiger partial charge is 0.254 e. The van der Waals surface area contributed by atoms with Gasteiger partial charge in [0, 0.05) is 52.3 Å². The maximum Gasteiger partial charge on any atom is 0.254 e. The second kappa shape index (κ2) is 5.43. The van der Waals surface area contributed by atoms with Gasteiger partial charge < -0.3 is 9.88 Å². The highest BCUT2D eigenvalue weighted by Gasteiger charge is 2.24. The first-order valence-corrected chi connectivity index (χ1v) is 8.14. The number of nitrogens with zero attached hydrogens (tertiary/aromatic N) is 1. The van der Waals surface area contributed by atoms with Crippen LogP contribution in [-0.2, 0) is 13.0 Å². The molecule has 23 heavy (non-hydrogen) atoms. The van der Waals surface area contributed by atoms with Crippen LogP contribution in [0.2, 0.25) is 5.02 Å². The summed E-state index contributed by atoms with van der Waals surface area (Å²) in [6.07, 6.45) is 0.846. The SMILES string of the molecule is Cc1cccc(C(=O)N2CCc3[nH]c4cc(Cl)ccc4c3C2)c1. The molecule has 2 heterocycles. The number of hydrogen-bond acceptors (Lipinski definition) is 1. The number of aryl methyl sites for hydroxylation is 1. The lowest BCUT2D eigenvalue weighted by Gasteiger charge is -2.27. The molecule has 3 aromatic rings. The Bertz CT molecular complexity index is 913. The summed E-state index contributed by atoms with van der Waals surface area (Å²) >= 11 is 6.07. The third-order valence-electron chi connectivity index (χ3n) is 4.49. The predicted molar refractivity (Wildman–Crippen MR) is 92.9 cm³/mol. The van der Waals surface area contributed by atoms with Crippen LogP contribution in [-0.4, -0.2) is 22.3 Å². The van der Waals surface area contributed by atoms with Gasteiger partial charge in [0.2, 0.25) is 0 Å². The van der Waals surface area contributed by atoms with Gasteiger partial charge in [-0.3, -0.25) is 4.79 Å². The van der Waals surface area contributed by atoms with Crippen LogP contribution in [0.5, 0.6) is 0 Å². The number of H-pyrrole nitrogens is 1. The number of rotatable bonds is 1. The Morgan fingerprint density at radius 1 is 1.22 bits per heavy atom. The molecule has 0 bridgehead atoms. The standard InChI is InChI=1S/C19H17ClN2O/c1-12-3-2-4-13(9-12)19(23)22-8-7-17-16(11-22)15-6-5-14(20)10-18(15)21-17/h2-6,9-10,21H,7-8,11H2,1H3. The lowest BCUT2D eigenvalue weighted by atomic mass is 10.0. The lowest BCUT2D eigenvalue weighted by Crippen LogP contribution is -2.35. The number of carbonyl (C=O) groups is 1. The molecule has 1 aromatic heterocycles. The molecule has 2 aromatic carbocycles. The van der Waals surface area contributed by atoms with Crippen molar-refractivity contribution in [2.45, 2.75) is 19.9 Å². The molecule has 0 saturated carbocycles. The van der Waals surface area contributed by atoms with Crippen molar-refractivity contribution >= 4 is 28.4 Å². The highest BCUT2D eigenvalue weighted by atomic mass is 35.5. The van der Waals surface area contributed by atoms with E-state index in [-0.39, 0.29) is 5.91 Å². The minimum absolute atomic E-state index is 0.0997. The van der Waals surface area contributed by atoms with Crippen LogP contribution in [0.25, 0.3) is 10.9 Å². The maximum absolute atomic E-state index is 12.8. The molecule has 3 nitrogen and oxygen atoms in total. The van der Waals surface area contributed by atoms with Crippen molar-refractivity contribution in [2.24, 2.45) is 0 Å². The van der Waals surface area contributed by atoms with Crippen molar-refractivity contribution in [2.75, 3.05) is 6.54 Å². The summed E-state index contributed by atoms with van der Waals surface area (Å²) in [7, 11) is 0. The number of hydrogen-bond donors (Lipinski definition) is 1. The second-order valence-electron chi connectivity index (χ2n) is 6.12. The Hall–Kier alpha value is -2.26. The fourth-order valence-electron chi connectivity index (χ4n) is 3.33. The number of fused-ring (bicyclic) bond motifs is 3. The monoisotopic (exact) mass is 324 g/mol. The Kier molecular flexibility index (Phi) is 3.38. The van der Waals surface area contributed by atoms with Gasteiger partial charge in [-0.25, -0.2) is 0 Å². The highest BCUT2D eigenvalue weighted by molar-refractivity contribution is 6.31.